The highest BCUT2D eigenvalue weighted by Crippen LogP contribution is 2.35. The molecular formula is C15H21N3. The van der Waals surface area contributed by atoms with Gasteiger partial charge in [0.25, 0.3) is 0 Å². The molecule has 3 heteroatoms. The lowest BCUT2D eigenvalue weighted by atomic mass is 9.87. The summed E-state index contributed by atoms with van der Waals surface area (Å²) in [4.78, 5) is 4.45. The van der Waals surface area contributed by atoms with Crippen LogP contribution in [0.4, 0.5) is 0 Å². The van der Waals surface area contributed by atoms with Crippen LogP contribution in [0, 0.1) is 5.41 Å². The van der Waals surface area contributed by atoms with Crippen LogP contribution in [0.1, 0.15) is 25.0 Å². The Morgan fingerprint density at radius 3 is 2.56 bits per heavy atom. The van der Waals surface area contributed by atoms with Gasteiger partial charge in [-0.25, -0.2) is 0 Å². The Morgan fingerprint density at radius 2 is 2.00 bits per heavy atom. The van der Waals surface area contributed by atoms with Crippen molar-refractivity contribution in [2.24, 2.45) is 10.4 Å². The number of guanidine groups is 1. The number of aliphatic imine (C=N–C) groups is 1. The SMILES string of the molecule is CC1CN=C(NCC2(C)Cc3ccccc3C2)N1. The highest BCUT2D eigenvalue weighted by Gasteiger charge is 2.32. The highest BCUT2D eigenvalue weighted by molar-refractivity contribution is 5.81. The van der Waals surface area contributed by atoms with Crippen molar-refractivity contribution in [1.82, 2.24) is 10.6 Å². The van der Waals surface area contributed by atoms with E-state index in [0.717, 1.165) is 19.0 Å². The molecular weight excluding hydrogens is 222 g/mol. The van der Waals surface area contributed by atoms with E-state index in [-0.39, 0.29) is 0 Å². The van der Waals surface area contributed by atoms with Gasteiger partial charge in [-0.1, -0.05) is 31.2 Å². The number of hydrogen-bond donors (Lipinski definition) is 2. The van der Waals surface area contributed by atoms with E-state index < -0.39 is 0 Å². The number of hydrogen-bond acceptors (Lipinski definition) is 3. The van der Waals surface area contributed by atoms with Crippen molar-refractivity contribution in [1.29, 1.82) is 0 Å². The maximum Gasteiger partial charge on any atom is 0.191 e. The Kier molecular flexibility index (Phi) is 2.77. The first-order valence-electron chi connectivity index (χ1n) is 6.76. The minimum atomic E-state index is 0.319. The Balaban J connectivity index is 1.61. The number of nitrogens with zero attached hydrogens (tertiary/aromatic N) is 1. The molecule has 1 heterocycles. The van der Waals surface area contributed by atoms with Crippen LogP contribution in [0.3, 0.4) is 0 Å². The second-order valence-corrected chi connectivity index (χ2v) is 6.02. The molecule has 3 nitrogen and oxygen atoms in total. The van der Waals surface area contributed by atoms with Gasteiger partial charge in [-0.3, -0.25) is 4.99 Å². The van der Waals surface area contributed by atoms with E-state index in [1.807, 2.05) is 0 Å². The quantitative estimate of drug-likeness (QED) is 0.830. The third-order valence-electron chi connectivity index (χ3n) is 3.94. The second kappa shape index (κ2) is 4.30. The molecule has 2 N–H and O–H groups in total. The minimum Gasteiger partial charge on any atom is -0.356 e. The lowest BCUT2D eigenvalue weighted by Gasteiger charge is -2.24. The third kappa shape index (κ3) is 2.22. The van der Waals surface area contributed by atoms with Crippen molar-refractivity contribution >= 4 is 5.96 Å². The zero-order valence-electron chi connectivity index (χ0n) is 11.2. The lowest BCUT2D eigenvalue weighted by Crippen LogP contribution is -2.43. The molecule has 0 amide bonds. The van der Waals surface area contributed by atoms with Gasteiger partial charge in [0.1, 0.15) is 0 Å². The number of benzene rings is 1. The van der Waals surface area contributed by atoms with Gasteiger partial charge in [-0.05, 0) is 36.3 Å². The normalized spacial score (nSPS) is 24.3. The average Bonchev–Trinajstić information content (AvgIpc) is 2.89. The van der Waals surface area contributed by atoms with E-state index in [1.165, 1.54) is 24.0 Å². The first kappa shape index (κ1) is 11.6. The van der Waals surface area contributed by atoms with Crippen LogP contribution in [0.15, 0.2) is 29.3 Å². The van der Waals surface area contributed by atoms with Crippen molar-refractivity contribution in [3.05, 3.63) is 35.4 Å². The standard InChI is InChI=1S/C15H21N3/c1-11-9-16-14(18-11)17-10-15(2)7-12-5-3-4-6-13(12)8-15/h3-6,11H,7-10H2,1-2H3,(H2,16,17,18). The maximum atomic E-state index is 4.45. The number of nitrogens with one attached hydrogen (secondary N) is 2. The van der Waals surface area contributed by atoms with Gasteiger partial charge in [0, 0.05) is 12.6 Å². The van der Waals surface area contributed by atoms with Gasteiger partial charge in [0.05, 0.1) is 6.54 Å². The number of fused-ring (bicyclic) bond motifs is 1. The summed E-state index contributed by atoms with van der Waals surface area (Å²) in [5, 5.41) is 6.82. The molecule has 1 aromatic carbocycles. The zero-order valence-corrected chi connectivity index (χ0v) is 11.2. The molecule has 1 aromatic rings. The fraction of sp³-hybridized carbons (Fsp3) is 0.533. The summed E-state index contributed by atoms with van der Waals surface area (Å²) >= 11 is 0. The van der Waals surface area contributed by atoms with Gasteiger partial charge >= 0.3 is 0 Å². The predicted octanol–water partition coefficient (Wildman–Crippen LogP) is 1.73. The summed E-state index contributed by atoms with van der Waals surface area (Å²) in [6.07, 6.45) is 2.33. The highest BCUT2D eigenvalue weighted by atomic mass is 15.2. The Hall–Kier alpha value is -1.51. The molecule has 0 spiro atoms. The maximum absolute atomic E-state index is 4.45. The number of rotatable bonds is 2. The molecule has 3 rings (SSSR count). The molecule has 0 radical (unpaired) electrons. The van der Waals surface area contributed by atoms with Crippen LogP contribution >= 0.6 is 0 Å². The summed E-state index contributed by atoms with van der Waals surface area (Å²) in [7, 11) is 0. The van der Waals surface area contributed by atoms with Gasteiger partial charge in [-0.15, -0.1) is 0 Å². The van der Waals surface area contributed by atoms with Gasteiger partial charge < -0.3 is 10.6 Å². The molecule has 0 bridgehead atoms. The lowest BCUT2D eigenvalue weighted by molar-refractivity contribution is 0.343. The van der Waals surface area contributed by atoms with E-state index >= 15 is 0 Å². The molecule has 0 fully saturated rings. The van der Waals surface area contributed by atoms with Crippen molar-refractivity contribution < 1.29 is 0 Å². The van der Waals surface area contributed by atoms with Crippen LogP contribution < -0.4 is 10.6 Å². The van der Waals surface area contributed by atoms with Crippen LogP contribution in [0.2, 0.25) is 0 Å². The Bertz CT molecular complexity index is 453. The van der Waals surface area contributed by atoms with Crippen molar-refractivity contribution in [3.63, 3.8) is 0 Å². The van der Waals surface area contributed by atoms with E-state index in [0.29, 0.717) is 11.5 Å². The molecule has 96 valence electrons. The summed E-state index contributed by atoms with van der Waals surface area (Å²) < 4.78 is 0. The van der Waals surface area contributed by atoms with E-state index in [4.69, 9.17) is 0 Å². The summed E-state index contributed by atoms with van der Waals surface area (Å²) in [5.74, 6) is 0.972. The molecule has 1 aliphatic heterocycles. The zero-order chi connectivity index (χ0) is 12.6. The molecule has 1 aliphatic carbocycles. The molecule has 18 heavy (non-hydrogen) atoms. The van der Waals surface area contributed by atoms with Crippen molar-refractivity contribution in [2.45, 2.75) is 32.7 Å². The fourth-order valence-corrected chi connectivity index (χ4v) is 2.97. The molecule has 2 aliphatic rings. The topological polar surface area (TPSA) is 36.4 Å². The van der Waals surface area contributed by atoms with Gasteiger partial charge in [0.2, 0.25) is 0 Å². The van der Waals surface area contributed by atoms with Crippen LogP contribution in [0.25, 0.3) is 0 Å². The van der Waals surface area contributed by atoms with Crippen LogP contribution in [-0.4, -0.2) is 25.1 Å². The van der Waals surface area contributed by atoms with Crippen molar-refractivity contribution in [3.8, 4) is 0 Å². The predicted molar refractivity (Wildman–Crippen MR) is 74.9 cm³/mol. The van der Waals surface area contributed by atoms with Gasteiger partial charge in [0.15, 0.2) is 5.96 Å². The largest absolute Gasteiger partial charge is 0.356 e. The van der Waals surface area contributed by atoms with Crippen LogP contribution in [0.5, 0.6) is 0 Å². The summed E-state index contributed by atoms with van der Waals surface area (Å²) in [5.41, 5.74) is 3.34. The van der Waals surface area contributed by atoms with Crippen LogP contribution in [-0.2, 0) is 12.8 Å². The Morgan fingerprint density at radius 1 is 1.33 bits per heavy atom. The van der Waals surface area contributed by atoms with E-state index in [2.05, 4.69) is 53.7 Å². The molecule has 1 atom stereocenters. The minimum absolute atomic E-state index is 0.319. The smallest absolute Gasteiger partial charge is 0.191 e. The molecule has 0 saturated heterocycles. The third-order valence-corrected chi connectivity index (χ3v) is 3.94. The summed E-state index contributed by atoms with van der Waals surface area (Å²) in [6.45, 7) is 6.39. The fourth-order valence-electron chi connectivity index (χ4n) is 2.97. The second-order valence-electron chi connectivity index (χ2n) is 6.02. The van der Waals surface area contributed by atoms with E-state index in [1.54, 1.807) is 0 Å². The molecule has 0 saturated carbocycles. The van der Waals surface area contributed by atoms with E-state index in [9.17, 15) is 0 Å². The van der Waals surface area contributed by atoms with Gasteiger partial charge in [-0.2, -0.15) is 0 Å². The molecule has 0 aromatic heterocycles. The Labute approximate surface area is 109 Å². The van der Waals surface area contributed by atoms with Crippen molar-refractivity contribution in [2.75, 3.05) is 13.1 Å². The monoisotopic (exact) mass is 243 g/mol. The first-order valence-corrected chi connectivity index (χ1v) is 6.76. The summed E-state index contributed by atoms with van der Waals surface area (Å²) in [6, 6.07) is 9.27. The first-order chi connectivity index (χ1) is 8.65. The molecule has 1 unspecified atom stereocenters. The average molecular weight is 243 g/mol.